The lowest BCUT2D eigenvalue weighted by Gasteiger charge is -2.06. The Kier molecular flexibility index (Phi) is 4.05. The number of rotatable bonds is 3. The van der Waals surface area contributed by atoms with Gasteiger partial charge < -0.3 is 5.32 Å². The lowest BCUT2D eigenvalue weighted by Crippen LogP contribution is -2.12. The summed E-state index contributed by atoms with van der Waals surface area (Å²) in [4.78, 5) is 20.2. The SMILES string of the molecule is O=C(Nc1ccc(F)c(F)c1)c1ccc(-c2ccncc2)nc1. The van der Waals surface area contributed by atoms with Crippen molar-refractivity contribution in [1.82, 2.24) is 9.97 Å². The van der Waals surface area contributed by atoms with Crippen LogP contribution in [0, 0.1) is 11.6 Å². The summed E-state index contributed by atoms with van der Waals surface area (Å²) in [6.07, 6.45) is 4.73. The number of nitrogens with zero attached hydrogens (tertiary/aromatic N) is 2. The molecule has 4 nitrogen and oxygen atoms in total. The van der Waals surface area contributed by atoms with Gasteiger partial charge in [0.2, 0.25) is 0 Å². The summed E-state index contributed by atoms with van der Waals surface area (Å²) in [5, 5.41) is 2.49. The molecule has 0 aliphatic carbocycles. The van der Waals surface area contributed by atoms with Gasteiger partial charge in [0.25, 0.3) is 5.91 Å². The smallest absolute Gasteiger partial charge is 0.257 e. The Morgan fingerprint density at radius 3 is 2.39 bits per heavy atom. The van der Waals surface area contributed by atoms with Gasteiger partial charge in [-0.2, -0.15) is 0 Å². The van der Waals surface area contributed by atoms with Crippen molar-refractivity contribution in [2.24, 2.45) is 0 Å². The van der Waals surface area contributed by atoms with E-state index in [0.717, 1.165) is 17.7 Å². The number of nitrogens with one attached hydrogen (secondary N) is 1. The molecule has 0 aliphatic rings. The van der Waals surface area contributed by atoms with Crippen LogP contribution in [0.1, 0.15) is 10.4 Å². The molecule has 0 fully saturated rings. The summed E-state index contributed by atoms with van der Waals surface area (Å²) in [5.41, 5.74) is 2.07. The van der Waals surface area contributed by atoms with Crippen LogP contribution in [-0.2, 0) is 0 Å². The highest BCUT2D eigenvalue weighted by molar-refractivity contribution is 6.04. The van der Waals surface area contributed by atoms with Crippen molar-refractivity contribution in [3.8, 4) is 11.3 Å². The Hall–Kier alpha value is -3.15. The standard InChI is InChI=1S/C17H11F2N3O/c18-14-3-2-13(9-15(14)19)22-17(23)12-1-4-16(21-10-12)11-5-7-20-8-6-11/h1-10H,(H,22,23). The highest BCUT2D eigenvalue weighted by Gasteiger charge is 2.09. The molecule has 0 radical (unpaired) electrons. The number of amides is 1. The Morgan fingerprint density at radius 2 is 1.74 bits per heavy atom. The number of pyridine rings is 2. The number of halogens is 2. The second-order valence-electron chi connectivity index (χ2n) is 4.75. The first kappa shape index (κ1) is 14.8. The molecule has 3 rings (SSSR count). The first-order valence-electron chi connectivity index (χ1n) is 6.76. The zero-order chi connectivity index (χ0) is 16.2. The van der Waals surface area contributed by atoms with E-state index in [1.165, 1.54) is 12.3 Å². The Bertz CT molecular complexity index is 836. The van der Waals surface area contributed by atoms with Gasteiger partial charge in [0.1, 0.15) is 0 Å². The minimum Gasteiger partial charge on any atom is -0.322 e. The molecule has 0 atom stereocenters. The summed E-state index contributed by atoms with van der Waals surface area (Å²) < 4.78 is 26.0. The number of benzene rings is 1. The van der Waals surface area contributed by atoms with Gasteiger partial charge in [-0.15, -0.1) is 0 Å². The second-order valence-corrected chi connectivity index (χ2v) is 4.75. The molecule has 0 saturated carbocycles. The number of hydrogen-bond donors (Lipinski definition) is 1. The summed E-state index contributed by atoms with van der Waals surface area (Å²) >= 11 is 0. The van der Waals surface area contributed by atoms with E-state index in [2.05, 4.69) is 15.3 Å². The molecule has 6 heteroatoms. The van der Waals surface area contributed by atoms with Crippen molar-refractivity contribution in [2.75, 3.05) is 5.32 Å². The van der Waals surface area contributed by atoms with Gasteiger partial charge >= 0.3 is 0 Å². The predicted octanol–water partition coefficient (Wildman–Crippen LogP) is 3.67. The van der Waals surface area contributed by atoms with E-state index in [1.54, 1.807) is 24.5 Å². The maximum Gasteiger partial charge on any atom is 0.257 e. The average molecular weight is 311 g/mol. The maximum absolute atomic E-state index is 13.1. The third kappa shape index (κ3) is 3.37. The quantitative estimate of drug-likeness (QED) is 0.803. The number of carbonyl (C=O) groups excluding carboxylic acids is 1. The van der Waals surface area contributed by atoms with E-state index in [1.807, 2.05) is 12.1 Å². The number of anilines is 1. The van der Waals surface area contributed by atoms with Crippen molar-refractivity contribution in [2.45, 2.75) is 0 Å². The van der Waals surface area contributed by atoms with E-state index in [0.29, 0.717) is 11.3 Å². The third-order valence-corrected chi connectivity index (χ3v) is 3.18. The normalized spacial score (nSPS) is 10.3. The Labute approximate surface area is 130 Å². The van der Waals surface area contributed by atoms with E-state index in [-0.39, 0.29) is 5.69 Å². The van der Waals surface area contributed by atoms with Crippen molar-refractivity contribution >= 4 is 11.6 Å². The van der Waals surface area contributed by atoms with Crippen LogP contribution in [0.25, 0.3) is 11.3 Å². The summed E-state index contributed by atoms with van der Waals surface area (Å²) in [5.74, 6) is -2.44. The van der Waals surface area contributed by atoms with Crippen LogP contribution in [0.3, 0.4) is 0 Å². The van der Waals surface area contributed by atoms with E-state index in [4.69, 9.17) is 0 Å². The van der Waals surface area contributed by atoms with Crippen molar-refractivity contribution in [3.05, 3.63) is 78.3 Å². The van der Waals surface area contributed by atoms with Gasteiger partial charge in [-0.25, -0.2) is 8.78 Å². The van der Waals surface area contributed by atoms with E-state index >= 15 is 0 Å². The highest BCUT2D eigenvalue weighted by atomic mass is 19.2. The molecule has 23 heavy (non-hydrogen) atoms. The Balaban J connectivity index is 1.76. The van der Waals surface area contributed by atoms with Crippen molar-refractivity contribution < 1.29 is 13.6 Å². The lowest BCUT2D eigenvalue weighted by atomic mass is 10.1. The molecule has 0 spiro atoms. The van der Waals surface area contributed by atoms with Gasteiger partial charge in [0.15, 0.2) is 11.6 Å². The highest BCUT2D eigenvalue weighted by Crippen LogP contribution is 2.17. The van der Waals surface area contributed by atoms with Crippen LogP contribution in [0.2, 0.25) is 0 Å². The largest absolute Gasteiger partial charge is 0.322 e. The zero-order valence-corrected chi connectivity index (χ0v) is 11.8. The molecule has 0 unspecified atom stereocenters. The molecular weight excluding hydrogens is 300 g/mol. The molecule has 0 saturated heterocycles. The number of aromatic nitrogens is 2. The summed E-state index contributed by atoms with van der Waals surface area (Å²) in [6.45, 7) is 0. The van der Waals surface area contributed by atoms with Gasteiger partial charge in [-0.05, 0) is 36.4 Å². The van der Waals surface area contributed by atoms with Crippen molar-refractivity contribution in [1.29, 1.82) is 0 Å². The van der Waals surface area contributed by atoms with Crippen LogP contribution in [0.4, 0.5) is 14.5 Å². The molecule has 2 aromatic heterocycles. The van der Waals surface area contributed by atoms with Gasteiger partial charge in [0, 0.05) is 35.9 Å². The van der Waals surface area contributed by atoms with Gasteiger partial charge in [-0.1, -0.05) is 0 Å². The molecule has 114 valence electrons. The maximum atomic E-state index is 13.1. The monoisotopic (exact) mass is 311 g/mol. The number of carbonyl (C=O) groups is 1. The van der Waals surface area contributed by atoms with Crippen LogP contribution >= 0.6 is 0 Å². The van der Waals surface area contributed by atoms with Crippen molar-refractivity contribution in [3.63, 3.8) is 0 Å². The van der Waals surface area contributed by atoms with Crippen LogP contribution in [0.5, 0.6) is 0 Å². The van der Waals surface area contributed by atoms with Crippen LogP contribution in [-0.4, -0.2) is 15.9 Å². The summed E-state index contributed by atoms with van der Waals surface area (Å²) in [6, 6.07) is 10.1. The van der Waals surface area contributed by atoms with Crippen LogP contribution < -0.4 is 5.32 Å². The fourth-order valence-corrected chi connectivity index (χ4v) is 2.00. The minimum absolute atomic E-state index is 0.173. The lowest BCUT2D eigenvalue weighted by molar-refractivity contribution is 0.102. The van der Waals surface area contributed by atoms with Gasteiger partial charge in [-0.3, -0.25) is 14.8 Å². The number of hydrogen-bond acceptors (Lipinski definition) is 3. The topological polar surface area (TPSA) is 54.9 Å². The fraction of sp³-hybridized carbons (Fsp3) is 0. The zero-order valence-electron chi connectivity index (χ0n) is 11.8. The molecular formula is C17H11F2N3O. The van der Waals surface area contributed by atoms with E-state index in [9.17, 15) is 13.6 Å². The second kappa shape index (κ2) is 6.31. The summed E-state index contributed by atoms with van der Waals surface area (Å²) in [7, 11) is 0. The first-order chi connectivity index (χ1) is 11.1. The molecule has 1 aromatic carbocycles. The molecule has 1 amide bonds. The first-order valence-corrected chi connectivity index (χ1v) is 6.76. The fourth-order valence-electron chi connectivity index (χ4n) is 2.00. The molecule has 1 N–H and O–H groups in total. The molecule has 3 aromatic rings. The van der Waals surface area contributed by atoms with E-state index < -0.39 is 17.5 Å². The molecule has 0 aliphatic heterocycles. The predicted molar refractivity (Wildman–Crippen MR) is 81.8 cm³/mol. The molecule has 0 bridgehead atoms. The minimum atomic E-state index is -1.02. The molecule has 2 heterocycles. The van der Waals surface area contributed by atoms with Gasteiger partial charge in [0.05, 0.1) is 11.3 Å². The Morgan fingerprint density at radius 1 is 0.957 bits per heavy atom. The average Bonchev–Trinajstić information content (AvgIpc) is 2.59. The third-order valence-electron chi connectivity index (χ3n) is 3.18. The van der Waals surface area contributed by atoms with Crippen LogP contribution in [0.15, 0.2) is 61.1 Å².